The van der Waals surface area contributed by atoms with Gasteiger partial charge in [0.1, 0.15) is 11.8 Å². The Balaban J connectivity index is 4.25. The van der Waals surface area contributed by atoms with Gasteiger partial charge in [-0.3, -0.25) is 9.59 Å². The van der Waals surface area contributed by atoms with Crippen molar-refractivity contribution in [2.45, 2.75) is 271 Å². The zero-order chi connectivity index (χ0) is 39.8. The third kappa shape index (κ3) is 40.5. The molecule has 0 bridgehead atoms. The molecule has 0 saturated carbocycles. The average Bonchev–Trinajstić information content (AvgIpc) is 3.13. The summed E-state index contributed by atoms with van der Waals surface area (Å²) >= 11 is 0. The summed E-state index contributed by atoms with van der Waals surface area (Å²) in [6.07, 6.45) is 39.7. The highest BCUT2D eigenvalue weighted by Gasteiger charge is 2.16. The molecule has 0 rings (SSSR count). The summed E-state index contributed by atoms with van der Waals surface area (Å²) in [7, 11) is 0. The lowest BCUT2D eigenvalue weighted by molar-refractivity contribution is -0.150. The van der Waals surface area contributed by atoms with E-state index < -0.39 is 5.67 Å². The van der Waals surface area contributed by atoms with Gasteiger partial charge in [0.05, 0.1) is 6.61 Å². The van der Waals surface area contributed by atoms with Gasteiger partial charge < -0.3 is 14.4 Å². The van der Waals surface area contributed by atoms with Crippen LogP contribution in [0.2, 0.25) is 0 Å². The summed E-state index contributed by atoms with van der Waals surface area (Å²) < 4.78 is 25.6. The highest BCUT2D eigenvalue weighted by atomic mass is 19.1. The van der Waals surface area contributed by atoms with Crippen LogP contribution in [0.3, 0.4) is 0 Å². The second-order valence-electron chi connectivity index (χ2n) is 17.3. The minimum Gasteiger partial charge on any atom is -0.466 e. The number of carbonyl (C=O) groups excluding carboxylic acids is 2. The Morgan fingerprint density at radius 3 is 1.31 bits per heavy atom. The van der Waals surface area contributed by atoms with E-state index >= 15 is 0 Å². The number of rotatable bonds is 43. The Morgan fingerprint density at radius 2 is 0.852 bits per heavy atom. The SMILES string of the molecule is CCCCCCCCCOC(=O)CCCCCCCN(CCCCCCCC(=O)OC(CCCCCCCC)CCCCCCCC)CCCC(C)(C)F. The molecule has 0 spiro atoms. The molecule has 0 aliphatic rings. The Kier molecular flexibility index (Phi) is 39.2. The summed E-state index contributed by atoms with van der Waals surface area (Å²) in [5.41, 5.74) is -1.11. The Hall–Kier alpha value is -1.17. The number of nitrogens with zero attached hydrogens (tertiary/aromatic N) is 1. The molecule has 0 fully saturated rings. The maximum Gasteiger partial charge on any atom is 0.306 e. The number of alkyl halides is 1. The molecule has 0 aliphatic carbocycles. The molecule has 0 aromatic carbocycles. The fourth-order valence-corrected chi connectivity index (χ4v) is 7.46. The van der Waals surface area contributed by atoms with Gasteiger partial charge in [-0.25, -0.2) is 4.39 Å². The largest absolute Gasteiger partial charge is 0.466 e. The van der Waals surface area contributed by atoms with Crippen LogP contribution >= 0.6 is 0 Å². The molecular weight excluding hydrogens is 674 g/mol. The Bertz CT molecular complexity index is 784. The highest BCUT2D eigenvalue weighted by Crippen LogP contribution is 2.20. The molecule has 6 heteroatoms. The minimum atomic E-state index is -1.11. The maximum atomic E-state index is 14.2. The molecule has 0 radical (unpaired) electrons. The van der Waals surface area contributed by atoms with Crippen molar-refractivity contribution in [3.8, 4) is 0 Å². The van der Waals surface area contributed by atoms with Crippen LogP contribution in [0.15, 0.2) is 0 Å². The second-order valence-corrected chi connectivity index (χ2v) is 17.3. The lowest BCUT2D eigenvalue weighted by Gasteiger charge is -2.24. The third-order valence-electron chi connectivity index (χ3n) is 11.0. The van der Waals surface area contributed by atoms with Gasteiger partial charge in [-0.2, -0.15) is 0 Å². The molecule has 0 aromatic heterocycles. The van der Waals surface area contributed by atoms with Crippen LogP contribution < -0.4 is 0 Å². The zero-order valence-corrected chi connectivity index (χ0v) is 37.1. The van der Waals surface area contributed by atoms with Gasteiger partial charge in [-0.1, -0.05) is 162 Å². The summed E-state index contributed by atoms with van der Waals surface area (Å²) in [5.74, 6) is -0.0215. The highest BCUT2D eigenvalue weighted by molar-refractivity contribution is 5.69. The van der Waals surface area contributed by atoms with E-state index in [2.05, 4.69) is 25.7 Å². The third-order valence-corrected chi connectivity index (χ3v) is 11.0. The monoisotopic (exact) mass is 768 g/mol. The first kappa shape index (κ1) is 52.8. The van der Waals surface area contributed by atoms with E-state index in [4.69, 9.17) is 9.47 Å². The number of ether oxygens (including phenoxy) is 2. The van der Waals surface area contributed by atoms with Gasteiger partial charge in [0, 0.05) is 12.8 Å². The van der Waals surface area contributed by atoms with Crippen LogP contribution in [-0.2, 0) is 19.1 Å². The molecule has 0 heterocycles. The molecule has 0 atom stereocenters. The Labute approximate surface area is 336 Å². The first-order valence-electron chi connectivity index (χ1n) is 24.0. The summed E-state index contributed by atoms with van der Waals surface area (Å²) in [6.45, 7) is 13.8. The van der Waals surface area contributed by atoms with Crippen LogP contribution in [0, 0.1) is 0 Å². The van der Waals surface area contributed by atoms with E-state index in [1.165, 1.54) is 122 Å². The van der Waals surface area contributed by atoms with Gasteiger partial charge in [-0.15, -0.1) is 0 Å². The summed E-state index contributed by atoms with van der Waals surface area (Å²) in [6, 6.07) is 0. The molecule has 0 amide bonds. The molecule has 5 nitrogen and oxygen atoms in total. The van der Waals surface area contributed by atoms with Gasteiger partial charge in [0.15, 0.2) is 0 Å². The zero-order valence-electron chi connectivity index (χ0n) is 37.1. The number of carbonyl (C=O) groups is 2. The minimum absolute atomic E-state index is 0.0117. The van der Waals surface area contributed by atoms with E-state index in [9.17, 15) is 14.0 Å². The van der Waals surface area contributed by atoms with Crippen molar-refractivity contribution in [2.24, 2.45) is 0 Å². The second kappa shape index (κ2) is 40.0. The van der Waals surface area contributed by atoms with Gasteiger partial charge in [0.25, 0.3) is 0 Å². The van der Waals surface area contributed by atoms with Gasteiger partial charge in [-0.05, 0) is 104 Å². The molecule has 54 heavy (non-hydrogen) atoms. The number of esters is 2. The number of hydrogen-bond donors (Lipinski definition) is 0. The standard InChI is InChI=1S/C48H94FNO4/c1-6-9-12-15-18-27-34-44-53-46(51)38-30-23-19-25-32-41-50(43-35-40-48(4,5)49)42-33-26-20-24-31-39-47(52)54-45(36-28-21-16-13-10-7-2)37-29-22-17-14-11-8-3/h45H,6-44H2,1-5H3. The van der Waals surface area contributed by atoms with E-state index in [1.54, 1.807) is 13.8 Å². The fraction of sp³-hybridized carbons (Fsp3) is 0.958. The van der Waals surface area contributed by atoms with Crippen molar-refractivity contribution < 1.29 is 23.5 Å². The van der Waals surface area contributed by atoms with Crippen LogP contribution in [-0.4, -0.2) is 54.9 Å². The number of halogens is 1. The first-order chi connectivity index (χ1) is 26.2. The predicted octanol–water partition coefficient (Wildman–Crippen LogP) is 15.2. The van der Waals surface area contributed by atoms with E-state index in [0.29, 0.717) is 25.9 Å². The lowest BCUT2D eigenvalue weighted by Crippen LogP contribution is -2.28. The maximum absolute atomic E-state index is 14.2. The molecule has 0 saturated heterocycles. The quantitative estimate of drug-likeness (QED) is 0.0457. The first-order valence-corrected chi connectivity index (χ1v) is 24.0. The number of unbranched alkanes of at least 4 members (excludes halogenated alkanes) is 24. The molecule has 0 unspecified atom stereocenters. The van der Waals surface area contributed by atoms with Crippen molar-refractivity contribution in [1.29, 1.82) is 0 Å². The average molecular weight is 768 g/mol. The molecular formula is C48H94FNO4. The van der Waals surface area contributed by atoms with E-state index in [1.807, 2.05) is 0 Å². The molecule has 0 aromatic rings. The van der Waals surface area contributed by atoms with Crippen molar-refractivity contribution in [1.82, 2.24) is 4.90 Å². The molecule has 322 valence electrons. The molecule has 0 N–H and O–H groups in total. The van der Waals surface area contributed by atoms with E-state index in [0.717, 1.165) is 103 Å². The van der Waals surface area contributed by atoms with Crippen LogP contribution in [0.5, 0.6) is 0 Å². The fourth-order valence-electron chi connectivity index (χ4n) is 7.46. The van der Waals surface area contributed by atoms with Crippen molar-refractivity contribution in [3.05, 3.63) is 0 Å². The summed E-state index contributed by atoms with van der Waals surface area (Å²) in [4.78, 5) is 27.4. The van der Waals surface area contributed by atoms with Crippen molar-refractivity contribution in [3.63, 3.8) is 0 Å². The summed E-state index contributed by atoms with van der Waals surface area (Å²) in [5, 5.41) is 0. The predicted molar refractivity (Wildman–Crippen MR) is 231 cm³/mol. The Morgan fingerprint density at radius 1 is 0.481 bits per heavy atom. The van der Waals surface area contributed by atoms with Gasteiger partial charge in [0.2, 0.25) is 0 Å². The van der Waals surface area contributed by atoms with Crippen LogP contribution in [0.1, 0.15) is 259 Å². The van der Waals surface area contributed by atoms with Crippen LogP contribution in [0.4, 0.5) is 4.39 Å². The van der Waals surface area contributed by atoms with Crippen LogP contribution in [0.25, 0.3) is 0 Å². The van der Waals surface area contributed by atoms with E-state index in [-0.39, 0.29) is 18.0 Å². The smallest absolute Gasteiger partial charge is 0.306 e. The lowest BCUT2D eigenvalue weighted by atomic mass is 10.0. The number of hydrogen-bond acceptors (Lipinski definition) is 5. The van der Waals surface area contributed by atoms with Crippen molar-refractivity contribution >= 4 is 11.9 Å². The van der Waals surface area contributed by atoms with Crippen molar-refractivity contribution in [2.75, 3.05) is 26.2 Å². The van der Waals surface area contributed by atoms with Gasteiger partial charge >= 0.3 is 11.9 Å². The molecule has 0 aliphatic heterocycles. The topological polar surface area (TPSA) is 55.8 Å². The normalized spacial score (nSPS) is 11.9.